The molecular weight excluding hydrogens is 314 g/mol. The summed E-state index contributed by atoms with van der Waals surface area (Å²) in [6.07, 6.45) is 4.37. The average molecular weight is 332 g/mol. The zero-order valence-electron chi connectivity index (χ0n) is 12.6. The van der Waals surface area contributed by atoms with Crippen molar-refractivity contribution in [2.75, 3.05) is 22.9 Å². The molecule has 6 heteroatoms. The first-order chi connectivity index (χ1) is 11.1. The first-order valence-electron chi connectivity index (χ1n) is 7.58. The molecule has 2 heterocycles. The van der Waals surface area contributed by atoms with E-state index in [2.05, 4.69) is 9.88 Å². The van der Waals surface area contributed by atoms with Gasteiger partial charge in [0, 0.05) is 41.9 Å². The number of halogens is 1. The van der Waals surface area contributed by atoms with Gasteiger partial charge in [0.2, 0.25) is 0 Å². The van der Waals surface area contributed by atoms with Crippen molar-refractivity contribution in [1.29, 1.82) is 0 Å². The molecule has 5 nitrogen and oxygen atoms in total. The van der Waals surface area contributed by atoms with Crippen molar-refractivity contribution in [2.24, 2.45) is 0 Å². The molecule has 120 valence electrons. The van der Waals surface area contributed by atoms with Crippen LogP contribution in [0.4, 0.5) is 16.2 Å². The van der Waals surface area contributed by atoms with Crippen molar-refractivity contribution in [3.05, 3.63) is 53.8 Å². The van der Waals surface area contributed by atoms with Crippen LogP contribution >= 0.6 is 11.6 Å². The molecule has 23 heavy (non-hydrogen) atoms. The summed E-state index contributed by atoms with van der Waals surface area (Å²) in [6, 6.07) is 10.8. The Hall–Kier alpha value is -2.27. The van der Waals surface area contributed by atoms with E-state index >= 15 is 0 Å². The number of aromatic nitrogens is 1. The number of benzene rings is 1. The van der Waals surface area contributed by atoms with Crippen molar-refractivity contribution >= 4 is 29.1 Å². The summed E-state index contributed by atoms with van der Waals surface area (Å²) >= 11 is 5.90. The third-order valence-corrected chi connectivity index (χ3v) is 4.35. The molecule has 0 radical (unpaired) electrons. The van der Waals surface area contributed by atoms with Gasteiger partial charge in [-0.05, 0) is 49.2 Å². The Morgan fingerprint density at radius 2 is 1.91 bits per heavy atom. The van der Waals surface area contributed by atoms with E-state index in [4.69, 9.17) is 11.6 Å². The molecule has 2 aromatic rings. The van der Waals surface area contributed by atoms with Gasteiger partial charge in [0.1, 0.15) is 0 Å². The van der Waals surface area contributed by atoms with Gasteiger partial charge in [0.15, 0.2) is 0 Å². The quantitative estimate of drug-likeness (QED) is 0.927. The van der Waals surface area contributed by atoms with Gasteiger partial charge < -0.3 is 10.0 Å². The Bertz CT molecular complexity index is 663. The zero-order chi connectivity index (χ0) is 16.2. The lowest BCUT2D eigenvalue weighted by molar-refractivity contribution is 0.198. The molecule has 1 amide bonds. The predicted octanol–water partition coefficient (Wildman–Crippen LogP) is 3.89. The molecule has 1 aromatic heterocycles. The van der Waals surface area contributed by atoms with Gasteiger partial charge >= 0.3 is 6.09 Å². The molecule has 1 fully saturated rings. The van der Waals surface area contributed by atoms with E-state index < -0.39 is 6.09 Å². The third kappa shape index (κ3) is 3.56. The molecule has 0 unspecified atom stereocenters. The summed E-state index contributed by atoms with van der Waals surface area (Å²) in [5.41, 5.74) is 1.73. The Morgan fingerprint density at radius 3 is 2.57 bits per heavy atom. The molecule has 1 saturated heterocycles. The van der Waals surface area contributed by atoms with Gasteiger partial charge in [-0.3, -0.25) is 9.88 Å². The van der Waals surface area contributed by atoms with E-state index in [1.54, 1.807) is 36.7 Å². The molecule has 1 aliphatic rings. The van der Waals surface area contributed by atoms with Gasteiger partial charge in [0.25, 0.3) is 0 Å². The molecule has 0 bridgehead atoms. The topological polar surface area (TPSA) is 56.7 Å². The summed E-state index contributed by atoms with van der Waals surface area (Å²) in [4.78, 5) is 19.5. The highest BCUT2D eigenvalue weighted by Crippen LogP contribution is 2.27. The summed E-state index contributed by atoms with van der Waals surface area (Å²) in [5, 5.41) is 10.3. The van der Waals surface area contributed by atoms with Crippen LogP contribution in [0, 0.1) is 0 Å². The fourth-order valence-electron chi connectivity index (χ4n) is 3.03. The molecule has 3 rings (SSSR count). The van der Waals surface area contributed by atoms with E-state index in [1.807, 2.05) is 12.1 Å². The lowest BCUT2D eigenvalue weighted by Crippen LogP contribution is -2.50. The van der Waals surface area contributed by atoms with Crippen LogP contribution < -0.4 is 9.80 Å². The maximum absolute atomic E-state index is 11.8. The number of hydrogen-bond acceptors (Lipinski definition) is 3. The van der Waals surface area contributed by atoms with Crippen molar-refractivity contribution in [2.45, 2.75) is 18.9 Å². The minimum Gasteiger partial charge on any atom is -0.465 e. The second-order valence-corrected chi connectivity index (χ2v) is 6.01. The Morgan fingerprint density at radius 1 is 1.22 bits per heavy atom. The fourth-order valence-corrected chi connectivity index (χ4v) is 3.16. The molecule has 0 aliphatic carbocycles. The minimum absolute atomic E-state index is 0.0874. The molecule has 1 aromatic carbocycles. The van der Waals surface area contributed by atoms with Crippen LogP contribution in [-0.4, -0.2) is 35.3 Å². The summed E-state index contributed by atoms with van der Waals surface area (Å²) in [5.74, 6) is 0. The number of nitrogens with zero attached hydrogens (tertiary/aromatic N) is 3. The highest BCUT2D eigenvalue weighted by molar-refractivity contribution is 6.30. The molecular formula is C17H18ClN3O2. The monoisotopic (exact) mass is 331 g/mol. The third-order valence-electron chi connectivity index (χ3n) is 4.10. The smallest absolute Gasteiger partial charge is 0.412 e. The molecule has 1 N–H and O–H groups in total. The first kappa shape index (κ1) is 15.6. The van der Waals surface area contributed by atoms with Crippen LogP contribution in [0.2, 0.25) is 5.02 Å². The molecule has 0 spiro atoms. The number of pyridine rings is 1. The van der Waals surface area contributed by atoms with Gasteiger partial charge in [-0.2, -0.15) is 0 Å². The number of rotatable bonds is 3. The van der Waals surface area contributed by atoms with Crippen molar-refractivity contribution in [1.82, 2.24) is 4.98 Å². The van der Waals surface area contributed by atoms with Crippen LogP contribution in [0.5, 0.6) is 0 Å². The van der Waals surface area contributed by atoms with Crippen molar-refractivity contribution < 1.29 is 9.90 Å². The zero-order valence-corrected chi connectivity index (χ0v) is 13.4. The molecule has 1 aliphatic heterocycles. The first-order valence-corrected chi connectivity index (χ1v) is 7.95. The van der Waals surface area contributed by atoms with Gasteiger partial charge in [-0.15, -0.1) is 0 Å². The standard InChI is InChI=1S/C17H18ClN3O2/c18-13-3-5-15(6-4-13)21(17(22)23)16-2-1-11-20(12-16)14-7-9-19-10-8-14/h3-10,16H,1-2,11-12H2,(H,22,23)/t16-/m0/s1. The van der Waals surface area contributed by atoms with Crippen molar-refractivity contribution in [3.8, 4) is 0 Å². The van der Waals surface area contributed by atoms with E-state index in [0.717, 1.165) is 25.1 Å². The normalized spacial score (nSPS) is 17.8. The Labute approximate surface area is 140 Å². The maximum Gasteiger partial charge on any atom is 0.412 e. The van der Waals surface area contributed by atoms with Crippen LogP contribution in [0.15, 0.2) is 48.8 Å². The largest absolute Gasteiger partial charge is 0.465 e. The summed E-state index contributed by atoms with van der Waals surface area (Å²) in [6.45, 7) is 1.59. The van der Waals surface area contributed by atoms with Crippen LogP contribution in [-0.2, 0) is 0 Å². The van der Waals surface area contributed by atoms with E-state index in [9.17, 15) is 9.90 Å². The van der Waals surface area contributed by atoms with Gasteiger partial charge in [-0.25, -0.2) is 4.79 Å². The molecule has 1 atom stereocenters. The van der Waals surface area contributed by atoms with Gasteiger partial charge in [0.05, 0.1) is 6.04 Å². The van der Waals surface area contributed by atoms with E-state index in [0.29, 0.717) is 17.3 Å². The summed E-state index contributed by atoms with van der Waals surface area (Å²) < 4.78 is 0. The minimum atomic E-state index is -0.936. The summed E-state index contributed by atoms with van der Waals surface area (Å²) in [7, 11) is 0. The average Bonchev–Trinajstić information content (AvgIpc) is 2.58. The number of anilines is 2. The van der Waals surface area contributed by atoms with E-state index in [-0.39, 0.29) is 6.04 Å². The number of carbonyl (C=O) groups is 1. The van der Waals surface area contributed by atoms with Gasteiger partial charge in [-0.1, -0.05) is 11.6 Å². The van der Waals surface area contributed by atoms with Crippen LogP contribution in [0.25, 0.3) is 0 Å². The second-order valence-electron chi connectivity index (χ2n) is 5.58. The number of hydrogen-bond donors (Lipinski definition) is 1. The molecule has 0 saturated carbocycles. The predicted molar refractivity (Wildman–Crippen MR) is 91.4 cm³/mol. The second kappa shape index (κ2) is 6.87. The maximum atomic E-state index is 11.8. The SMILES string of the molecule is O=C(O)N(c1ccc(Cl)cc1)[C@H]1CCCN(c2ccncc2)C1. The Balaban J connectivity index is 1.82. The highest BCUT2D eigenvalue weighted by Gasteiger charge is 2.29. The highest BCUT2D eigenvalue weighted by atomic mass is 35.5. The van der Waals surface area contributed by atoms with Crippen LogP contribution in [0.1, 0.15) is 12.8 Å². The fraction of sp³-hybridized carbons (Fsp3) is 0.294. The Kier molecular flexibility index (Phi) is 4.67. The number of carboxylic acid groups (broad SMARTS) is 1. The number of piperidine rings is 1. The van der Waals surface area contributed by atoms with Crippen LogP contribution in [0.3, 0.4) is 0 Å². The van der Waals surface area contributed by atoms with Crippen molar-refractivity contribution in [3.63, 3.8) is 0 Å². The van der Waals surface area contributed by atoms with E-state index in [1.165, 1.54) is 4.90 Å². The number of amides is 1. The lowest BCUT2D eigenvalue weighted by Gasteiger charge is -2.39. The lowest BCUT2D eigenvalue weighted by atomic mass is 10.0.